The first-order chi connectivity index (χ1) is 15.9. The van der Waals surface area contributed by atoms with Crippen LogP contribution in [0.15, 0.2) is 71.9 Å². The zero-order valence-electron chi connectivity index (χ0n) is 19.4. The van der Waals surface area contributed by atoms with Crippen molar-refractivity contribution in [1.29, 1.82) is 0 Å². The maximum Gasteiger partial charge on any atom is 0.224 e. The molecule has 0 saturated heterocycles. The van der Waals surface area contributed by atoms with Gasteiger partial charge in [0.25, 0.3) is 0 Å². The van der Waals surface area contributed by atoms with Crippen molar-refractivity contribution < 1.29 is 9.53 Å². The Morgan fingerprint density at radius 2 is 1.88 bits per heavy atom. The summed E-state index contributed by atoms with van der Waals surface area (Å²) in [6, 6.07) is 19.6. The van der Waals surface area contributed by atoms with Gasteiger partial charge in [0, 0.05) is 30.9 Å². The van der Waals surface area contributed by atoms with E-state index in [1.807, 2.05) is 54.6 Å². The van der Waals surface area contributed by atoms with Gasteiger partial charge in [-0.05, 0) is 53.3 Å². The molecule has 0 aliphatic carbocycles. The lowest BCUT2D eigenvalue weighted by Gasteiger charge is -2.19. The lowest BCUT2D eigenvalue weighted by atomic mass is 9.87. The van der Waals surface area contributed by atoms with Crippen molar-refractivity contribution in [3.8, 4) is 11.5 Å². The number of carbonyl (C=O) groups is 1. The highest BCUT2D eigenvalue weighted by atomic mass is 16.5. The van der Waals surface area contributed by atoms with Crippen molar-refractivity contribution in [3.63, 3.8) is 0 Å². The number of nitrogens with zero attached hydrogens (tertiary/aromatic N) is 2. The van der Waals surface area contributed by atoms with E-state index in [4.69, 9.17) is 4.74 Å². The predicted octanol–water partition coefficient (Wildman–Crippen LogP) is 5.09. The van der Waals surface area contributed by atoms with Crippen LogP contribution in [-0.4, -0.2) is 29.8 Å². The summed E-state index contributed by atoms with van der Waals surface area (Å²) in [6.45, 7) is 8.08. The summed E-state index contributed by atoms with van der Waals surface area (Å²) >= 11 is 0. The number of pyridine rings is 1. The number of amidine groups is 1. The molecule has 0 unspecified atom stereocenters. The van der Waals surface area contributed by atoms with E-state index in [2.05, 4.69) is 47.4 Å². The molecule has 6 heteroatoms. The zero-order chi connectivity index (χ0) is 23.3. The summed E-state index contributed by atoms with van der Waals surface area (Å²) in [6.07, 6.45) is 2.74. The van der Waals surface area contributed by atoms with Crippen LogP contribution in [-0.2, 0) is 16.6 Å². The van der Waals surface area contributed by atoms with Crippen LogP contribution >= 0.6 is 0 Å². The average Bonchev–Trinajstić information content (AvgIpc) is 3.33. The smallest absolute Gasteiger partial charge is 0.224 e. The fraction of sp³-hybridized carbons (Fsp3) is 0.296. The molecule has 1 amide bonds. The van der Waals surface area contributed by atoms with E-state index in [9.17, 15) is 4.79 Å². The lowest BCUT2D eigenvalue weighted by Crippen LogP contribution is -2.20. The summed E-state index contributed by atoms with van der Waals surface area (Å²) in [5.41, 5.74) is 3.88. The zero-order valence-corrected chi connectivity index (χ0v) is 19.4. The number of ether oxygens (including phenoxy) is 1. The highest BCUT2D eigenvalue weighted by Gasteiger charge is 2.14. The first kappa shape index (κ1) is 22.5. The van der Waals surface area contributed by atoms with Crippen LogP contribution in [0.5, 0.6) is 11.5 Å². The number of aromatic nitrogens is 1. The first-order valence-corrected chi connectivity index (χ1v) is 11.3. The van der Waals surface area contributed by atoms with Gasteiger partial charge in [0.15, 0.2) is 0 Å². The number of aryl methyl sites for hydroxylation is 1. The number of aliphatic imine (C=N–C) groups is 1. The van der Waals surface area contributed by atoms with Crippen molar-refractivity contribution in [2.45, 2.75) is 39.0 Å². The molecule has 0 bridgehead atoms. The second-order valence-corrected chi connectivity index (χ2v) is 9.16. The molecule has 2 N–H and O–H groups in total. The number of rotatable bonds is 7. The molecular formula is C27H30N4O2. The summed E-state index contributed by atoms with van der Waals surface area (Å²) in [4.78, 5) is 21.3. The van der Waals surface area contributed by atoms with Gasteiger partial charge in [-0.25, -0.2) is 0 Å². The number of hydrogen-bond donors (Lipinski definition) is 2. The highest BCUT2D eigenvalue weighted by molar-refractivity contribution is 5.98. The van der Waals surface area contributed by atoms with Crippen LogP contribution in [0.1, 0.15) is 44.0 Å². The van der Waals surface area contributed by atoms with Crippen molar-refractivity contribution >= 4 is 17.4 Å². The van der Waals surface area contributed by atoms with Gasteiger partial charge < -0.3 is 15.4 Å². The SMILES string of the molecule is CC(C)(C)c1cccc(NC(=O)CCc2cccc(Oc3ccnc(C4=NCCN4)c3)c2)c1. The Morgan fingerprint density at radius 1 is 1.06 bits per heavy atom. The van der Waals surface area contributed by atoms with Crippen LogP contribution < -0.4 is 15.4 Å². The molecule has 6 nitrogen and oxygen atoms in total. The van der Waals surface area contributed by atoms with Gasteiger partial charge in [0.2, 0.25) is 5.91 Å². The number of nitrogens with one attached hydrogen (secondary N) is 2. The third-order valence-electron chi connectivity index (χ3n) is 5.44. The maximum absolute atomic E-state index is 12.5. The van der Waals surface area contributed by atoms with Gasteiger partial charge in [-0.1, -0.05) is 45.0 Å². The van der Waals surface area contributed by atoms with Gasteiger partial charge in [0.1, 0.15) is 23.0 Å². The number of benzene rings is 2. The van der Waals surface area contributed by atoms with Crippen molar-refractivity contribution in [2.75, 3.05) is 18.4 Å². The van der Waals surface area contributed by atoms with E-state index in [-0.39, 0.29) is 11.3 Å². The molecule has 0 spiro atoms. The molecular weight excluding hydrogens is 412 g/mol. The van der Waals surface area contributed by atoms with E-state index >= 15 is 0 Å². The van der Waals surface area contributed by atoms with E-state index in [1.165, 1.54) is 5.56 Å². The molecule has 1 aliphatic rings. The fourth-order valence-corrected chi connectivity index (χ4v) is 3.62. The molecule has 2 heterocycles. The molecule has 1 aromatic heterocycles. The van der Waals surface area contributed by atoms with Gasteiger partial charge >= 0.3 is 0 Å². The molecule has 4 rings (SSSR count). The summed E-state index contributed by atoms with van der Waals surface area (Å²) in [5, 5.41) is 6.24. The van der Waals surface area contributed by atoms with Crippen LogP contribution in [0, 0.1) is 0 Å². The fourth-order valence-electron chi connectivity index (χ4n) is 3.62. The average molecular weight is 443 g/mol. The van der Waals surface area contributed by atoms with Crippen LogP contribution in [0.25, 0.3) is 0 Å². The molecule has 0 saturated carbocycles. The van der Waals surface area contributed by atoms with E-state index in [1.54, 1.807) is 6.20 Å². The van der Waals surface area contributed by atoms with E-state index in [0.29, 0.717) is 18.6 Å². The summed E-state index contributed by atoms with van der Waals surface area (Å²) in [5.74, 6) is 2.22. The van der Waals surface area contributed by atoms with Crippen molar-refractivity contribution in [2.24, 2.45) is 4.99 Å². The number of hydrogen-bond acceptors (Lipinski definition) is 5. The third-order valence-corrected chi connectivity index (χ3v) is 5.44. The minimum atomic E-state index is -0.00371. The van der Waals surface area contributed by atoms with Gasteiger partial charge in [0.05, 0.1) is 6.54 Å². The number of carbonyl (C=O) groups excluding carboxylic acids is 1. The Bertz CT molecular complexity index is 1160. The largest absolute Gasteiger partial charge is 0.457 e. The Labute approximate surface area is 195 Å². The van der Waals surface area contributed by atoms with Gasteiger partial charge in [-0.2, -0.15) is 0 Å². The number of amides is 1. The monoisotopic (exact) mass is 442 g/mol. The van der Waals surface area contributed by atoms with Crippen LogP contribution in [0.2, 0.25) is 0 Å². The van der Waals surface area contributed by atoms with Crippen molar-refractivity contribution in [3.05, 3.63) is 83.7 Å². The molecule has 0 fully saturated rings. The first-order valence-electron chi connectivity index (χ1n) is 11.3. The Morgan fingerprint density at radius 3 is 2.67 bits per heavy atom. The van der Waals surface area contributed by atoms with E-state index in [0.717, 1.165) is 41.6 Å². The third kappa shape index (κ3) is 6.19. The highest BCUT2D eigenvalue weighted by Crippen LogP contribution is 2.25. The molecule has 3 aromatic rings. The van der Waals surface area contributed by atoms with Gasteiger partial charge in [-0.15, -0.1) is 0 Å². The number of anilines is 1. The topological polar surface area (TPSA) is 75.6 Å². The summed E-state index contributed by atoms with van der Waals surface area (Å²) < 4.78 is 6.04. The van der Waals surface area contributed by atoms with Crippen LogP contribution in [0.3, 0.4) is 0 Å². The molecule has 170 valence electrons. The molecule has 0 atom stereocenters. The second kappa shape index (κ2) is 9.86. The predicted molar refractivity (Wildman–Crippen MR) is 132 cm³/mol. The lowest BCUT2D eigenvalue weighted by molar-refractivity contribution is -0.116. The minimum absolute atomic E-state index is 0.00371. The molecule has 33 heavy (non-hydrogen) atoms. The Hall–Kier alpha value is -3.67. The summed E-state index contributed by atoms with van der Waals surface area (Å²) in [7, 11) is 0. The molecule has 0 radical (unpaired) electrons. The molecule has 1 aliphatic heterocycles. The van der Waals surface area contributed by atoms with Gasteiger partial charge in [-0.3, -0.25) is 14.8 Å². The molecule has 2 aromatic carbocycles. The van der Waals surface area contributed by atoms with Crippen molar-refractivity contribution in [1.82, 2.24) is 10.3 Å². The second-order valence-electron chi connectivity index (χ2n) is 9.16. The Balaban J connectivity index is 1.35. The van der Waals surface area contributed by atoms with E-state index < -0.39 is 0 Å². The quantitative estimate of drug-likeness (QED) is 0.534. The maximum atomic E-state index is 12.5. The minimum Gasteiger partial charge on any atom is -0.457 e. The standard InChI is InChI=1S/C27H30N4O2/c1-27(2,3)20-7-5-8-21(17-20)31-25(32)11-10-19-6-4-9-22(16-19)33-23-12-13-28-24(18-23)26-29-14-15-30-26/h4-9,12-13,16-18H,10-11,14-15H2,1-3H3,(H,29,30)(H,31,32). The normalized spacial score (nSPS) is 13.2. The Kier molecular flexibility index (Phi) is 6.73. The van der Waals surface area contributed by atoms with Crippen LogP contribution in [0.4, 0.5) is 5.69 Å².